The van der Waals surface area contributed by atoms with Crippen molar-refractivity contribution in [1.82, 2.24) is 0 Å². The monoisotopic (exact) mass is 293 g/mol. The van der Waals surface area contributed by atoms with Crippen LogP contribution in [0.25, 0.3) is 0 Å². The molecule has 0 fully saturated rings. The molecule has 71 valence electrons. The van der Waals surface area contributed by atoms with Crippen LogP contribution in [0.5, 0.6) is 0 Å². The summed E-state index contributed by atoms with van der Waals surface area (Å²) in [5.41, 5.74) is 0.816. The van der Waals surface area contributed by atoms with Crippen LogP contribution in [0.1, 0.15) is 5.56 Å². The van der Waals surface area contributed by atoms with Crippen LogP contribution in [0.4, 0.5) is 4.79 Å². The lowest BCUT2D eigenvalue weighted by atomic mass is 10.2. The highest BCUT2D eigenvalue weighted by Gasteiger charge is 1.98. The molecule has 0 saturated heterocycles. The van der Waals surface area contributed by atoms with E-state index in [1.165, 1.54) is 0 Å². The van der Waals surface area contributed by atoms with E-state index in [4.69, 9.17) is 0 Å². The van der Waals surface area contributed by atoms with Crippen LogP contribution in [0.2, 0.25) is 0 Å². The molecule has 0 spiro atoms. The number of carbonyl (C=O) groups is 1. The molecule has 4 heteroatoms. The topological polar surface area (TPSA) is 46.2 Å². The molecule has 0 aliphatic carbocycles. The zero-order valence-corrected chi connectivity index (χ0v) is 9.35. The van der Waals surface area contributed by atoms with Gasteiger partial charge in [0.2, 0.25) is 0 Å². The Kier molecular flexibility index (Phi) is 7.38. The lowest BCUT2D eigenvalue weighted by molar-refractivity contribution is 0.0619. The molecule has 0 heterocycles. The lowest BCUT2D eigenvalue weighted by Gasteiger charge is -1.97. The zero-order valence-electron chi connectivity index (χ0n) is 7.20. The van der Waals surface area contributed by atoms with E-state index in [9.17, 15) is 9.90 Å². The van der Waals surface area contributed by atoms with E-state index in [0.717, 1.165) is 5.56 Å². The Balaban J connectivity index is 0.000000671. The molecule has 3 nitrogen and oxygen atoms in total. The average molecular weight is 293 g/mol. The van der Waals surface area contributed by atoms with Gasteiger partial charge in [0, 0.05) is 0 Å². The third kappa shape index (κ3) is 6.39. The summed E-state index contributed by atoms with van der Waals surface area (Å²) in [4.78, 5) is 11.8. The van der Waals surface area contributed by atoms with Gasteiger partial charge in [0.1, 0.15) is 6.61 Å². The first-order chi connectivity index (χ1) is 6.29. The quantitative estimate of drug-likeness (QED) is 0.478. The highest BCUT2D eigenvalue weighted by atomic mass is 127. The van der Waals surface area contributed by atoms with Gasteiger partial charge < -0.3 is 4.74 Å². The normalized spacial score (nSPS) is 8.15. The molecule has 1 rings (SSSR count). The molecule has 0 N–H and O–H groups in total. The molecular weight excluding hydrogens is 283 g/mol. The first kappa shape index (κ1) is 12.2. The van der Waals surface area contributed by atoms with Gasteiger partial charge in [0.25, 0.3) is 0 Å². The number of ether oxygens (including phenoxy) is 1. The van der Waals surface area contributed by atoms with Crippen molar-refractivity contribution < 1.29 is 14.6 Å². The summed E-state index contributed by atoms with van der Waals surface area (Å²) in [6.07, 6.45) is -1.49. The minimum absolute atomic E-state index is 0.0587. The fourth-order valence-electron chi connectivity index (χ4n) is 0.716. The van der Waals surface area contributed by atoms with Crippen molar-refractivity contribution in [2.24, 2.45) is 0 Å². The number of benzene rings is 1. The minimum Gasteiger partial charge on any atom is -0.427 e. The summed E-state index contributed by atoms with van der Waals surface area (Å²) in [7, 11) is 0. The van der Waals surface area contributed by atoms with Crippen LogP contribution in [-0.4, -0.2) is 11.1 Å². The standard InChI is InChI=1S/C8H7O3.CH3I/c9-8(10)11-6-7-4-2-1-3-5-7;1-2/h1-5H,6H2;1H3. The molecule has 1 radical (unpaired) electrons. The molecule has 0 aromatic heterocycles. The highest BCUT2D eigenvalue weighted by Crippen LogP contribution is 1.99. The van der Waals surface area contributed by atoms with Crippen LogP contribution in [0.15, 0.2) is 30.3 Å². The summed E-state index contributed by atoms with van der Waals surface area (Å²) in [5, 5.41) is 9.84. The van der Waals surface area contributed by atoms with Crippen LogP contribution in [0.3, 0.4) is 0 Å². The van der Waals surface area contributed by atoms with Gasteiger partial charge in [-0.05, 0) is 10.5 Å². The van der Waals surface area contributed by atoms with E-state index >= 15 is 0 Å². The van der Waals surface area contributed by atoms with Gasteiger partial charge in [-0.1, -0.05) is 52.9 Å². The maximum atomic E-state index is 9.84. The molecule has 0 bridgehead atoms. The number of rotatable bonds is 2. The average Bonchev–Trinajstić information content (AvgIpc) is 2.19. The smallest absolute Gasteiger partial charge is 0.427 e. The summed E-state index contributed by atoms with van der Waals surface area (Å²) >= 11 is 2.15. The van der Waals surface area contributed by atoms with E-state index in [1.54, 1.807) is 12.1 Å². The Hall–Kier alpha value is -0.780. The molecule has 0 aliphatic rings. The van der Waals surface area contributed by atoms with Gasteiger partial charge in [-0.2, -0.15) is 9.90 Å². The van der Waals surface area contributed by atoms with Crippen molar-refractivity contribution in [2.45, 2.75) is 6.61 Å². The Bertz CT molecular complexity index is 236. The lowest BCUT2D eigenvalue weighted by Crippen LogP contribution is -1.97. The van der Waals surface area contributed by atoms with E-state index in [1.807, 2.05) is 23.1 Å². The molecule has 1 aromatic rings. The van der Waals surface area contributed by atoms with Crippen LogP contribution in [-0.2, 0) is 16.5 Å². The highest BCUT2D eigenvalue weighted by molar-refractivity contribution is 14.1. The van der Waals surface area contributed by atoms with Crippen molar-refractivity contribution in [1.29, 1.82) is 0 Å². The molecule has 1 aromatic carbocycles. The summed E-state index contributed by atoms with van der Waals surface area (Å²) in [5.74, 6) is 0. The second kappa shape index (κ2) is 7.85. The van der Waals surface area contributed by atoms with E-state index < -0.39 is 6.16 Å². The maximum Gasteiger partial charge on any atom is 0.550 e. The van der Waals surface area contributed by atoms with Gasteiger partial charge in [0.15, 0.2) is 0 Å². The van der Waals surface area contributed by atoms with Crippen LogP contribution >= 0.6 is 22.6 Å². The Morgan fingerprint density at radius 2 is 1.85 bits per heavy atom. The van der Waals surface area contributed by atoms with Crippen LogP contribution in [0, 0.1) is 0 Å². The fraction of sp³-hybridized carbons (Fsp3) is 0.222. The van der Waals surface area contributed by atoms with E-state index in [-0.39, 0.29) is 6.61 Å². The Morgan fingerprint density at radius 3 is 2.31 bits per heavy atom. The van der Waals surface area contributed by atoms with Crippen LogP contribution < -0.4 is 0 Å². The molecule has 0 amide bonds. The van der Waals surface area contributed by atoms with Crippen molar-refractivity contribution in [3.8, 4) is 0 Å². The van der Waals surface area contributed by atoms with Gasteiger partial charge in [-0.15, -0.1) is 0 Å². The predicted octanol–water partition coefficient (Wildman–Crippen LogP) is 2.80. The molecule has 13 heavy (non-hydrogen) atoms. The zero-order chi connectivity index (χ0) is 10.1. The van der Waals surface area contributed by atoms with Gasteiger partial charge in [0.05, 0.1) is 0 Å². The summed E-state index contributed by atoms with van der Waals surface area (Å²) in [6, 6.07) is 9.04. The maximum absolute atomic E-state index is 9.84. The summed E-state index contributed by atoms with van der Waals surface area (Å²) in [6.45, 7) is 0.0587. The molecule has 0 unspecified atom stereocenters. The van der Waals surface area contributed by atoms with E-state index in [2.05, 4.69) is 27.3 Å². The Morgan fingerprint density at radius 1 is 1.31 bits per heavy atom. The predicted molar refractivity (Wildman–Crippen MR) is 57.3 cm³/mol. The second-order valence-corrected chi connectivity index (χ2v) is 2.02. The number of hydrogen-bond acceptors (Lipinski definition) is 2. The molecule has 0 saturated carbocycles. The van der Waals surface area contributed by atoms with Gasteiger partial charge in [-0.25, -0.2) is 0 Å². The summed E-state index contributed by atoms with van der Waals surface area (Å²) < 4.78 is 4.23. The number of hydrogen-bond donors (Lipinski definition) is 0. The molecule has 0 aliphatic heterocycles. The van der Waals surface area contributed by atoms with Crippen molar-refractivity contribution >= 4 is 28.7 Å². The Labute approximate surface area is 90.9 Å². The molecular formula is C9H10IO3. The second-order valence-electron chi connectivity index (χ2n) is 2.02. The van der Waals surface area contributed by atoms with Crippen molar-refractivity contribution in [2.75, 3.05) is 4.93 Å². The van der Waals surface area contributed by atoms with Gasteiger partial charge in [-0.3, -0.25) is 0 Å². The first-order valence-corrected chi connectivity index (χ1v) is 5.70. The third-order valence-electron chi connectivity index (χ3n) is 1.20. The van der Waals surface area contributed by atoms with E-state index in [0.29, 0.717) is 0 Å². The largest absolute Gasteiger partial charge is 0.550 e. The molecule has 0 atom stereocenters. The minimum atomic E-state index is -1.49. The number of carbonyl (C=O) groups excluding carboxylic acids is 1. The third-order valence-corrected chi connectivity index (χ3v) is 1.20. The SMILES string of the molecule is CI.[O]C(=O)OCc1ccccc1. The van der Waals surface area contributed by atoms with Crippen molar-refractivity contribution in [3.05, 3.63) is 35.9 Å². The van der Waals surface area contributed by atoms with Gasteiger partial charge >= 0.3 is 6.16 Å². The van der Waals surface area contributed by atoms with Crippen molar-refractivity contribution in [3.63, 3.8) is 0 Å². The number of halogens is 1. The first-order valence-electron chi connectivity index (χ1n) is 3.54. The number of alkyl halides is 1. The fourth-order valence-corrected chi connectivity index (χ4v) is 0.716.